The molecule has 0 spiro atoms. The van der Waals surface area contributed by atoms with Gasteiger partial charge in [0, 0.05) is 23.3 Å². The molecule has 40 heavy (non-hydrogen) atoms. The lowest BCUT2D eigenvalue weighted by Crippen LogP contribution is -2.28. The van der Waals surface area contributed by atoms with Crippen LogP contribution in [0.25, 0.3) is 33.8 Å². The summed E-state index contributed by atoms with van der Waals surface area (Å²) in [5, 5.41) is 8.04. The SMILES string of the molecule is Cn1c(-c2ccc(C=NNC(=O)NN=Cc3ccc(-c4c[n+]5ccccc5n4C)cc3)cc2)c[n+]2ccccc12. The van der Waals surface area contributed by atoms with Gasteiger partial charge in [-0.15, -0.1) is 0 Å². The first kappa shape index (κ1) is 24.7. The van der Waals surface area contributed by atoms with Crippen LogP contribution in [-0.4, -0.2) is 27.6 Å². The average Bonchev–Trinajstić information content (AvgIpc) is 3.51. The van der Waals surface area contributed by atoms with Crippen molar-refractivity contribution >= 4 is 29.8 Å². The van der Waals surface area contributed by atoms with Crippen molar-refractivity contribution in [2.75, 3.05) is 0 Å². The van der Waals surface area contributed by atoms with Crippen LogP contribution in [-0.2, 0) is 14.1 Å². The first-order valence-corrected chi connectivity index (χ1v) is 12.8. The third-order valence-electron chi connectivity index (χ3n) is 6.84. The summed E-state index contributed by atoms with van der Waals surface area (Å²) in [6, 6.07) is 27.7. The molecule has 2 N–H and O–H groups in total. The first-order chi connectivity index (χ1) is 19.6. The molecule has 0 fully saturated rings. The fraction of sp³-hybridized carbons (Fsp3) is 0.0645. The summed E-state index contributed by atoms with van der Waals surface area (Å²) in [5.41, 5.74) is 13.2. The zero-order valence-electron chi connectivity index (χ0n) is 22.1. The van der Waals surface area contributed by atoms with E-state index in [0.29, 0.717) is 0 Å². The van der Waals surface area contributed by atoms with E-state index in [1.165, 1.54) is 0 Å². The van der Waals surface area contributed by atoms with E-state index in [-0.39, 0.29) is 0 Å². The predicted molar refractivity (Wildman–Crippen MR) is 155 cm³/mol. The lowest BCUT2D eigenvalue weighted by atomic mass is 10.1. The number of hydrazone groups is 2. The van der Waals surface area contributed by atoms with Crippen molar-refractivity contribution < 1.29 is 13.6 Å². The van der Waals surface area contributed by atoms with Crippen molar-refractivity contribution in [2.24, 2.45) is 24.3 Å². The van der Waals surface area contributed by atoms with Crippen molar-refractivity contribution in [3.05, 3.63) is 121 Å². The minimum atomic E-state index is -0.527. The van der Waals surface area contributed by atoms with Gasteiger partial charge >= 0.3 is 6.03 Å². The van der Waals surface area contributed by atoms with Gasteiger partial charge in [0.1, 0.15) is 12.4 Å². The van der Waals surface area contributed by atoms with Crippen molar-refractivity contribution in [2.45, 2.75) is 0 Å². The number of carbonyl (C=O) groups is 1. The smallest absolute Gasteiger partial charge is 0.245 e. The second-order valence-electron chi connectivity index (χ2n) is 9.39. The fourth-order valence-electron chi connectivity index (χ4n) is 4.74. The third-order valence-corrected chi connectivity index (χ3v) is 6.84. The summed E-state index contributed by atoms with van der Waals surface area (Å²) >= 11 is 0. The highest BCUT2D eigenvalue weighted by Crippen LogP contribution is 2.21. The monoisotopic (exact) mass is 528 g/mol. The number of pyridine rings is 2. The van der Waals surface area contributed by atoms with Gasteiger partial charge in [0.15, 0.2) is 11.4 Å². The number of hydrogen-bond acceptors (Lipinski definition) is 3. The number of urea groups is 1. The van der Waals surface area contributed by atoms with E-state index in [2.05, 4.69) is 63.5 Å². The van der Waals surface area contributed by atoms with Gasteiger partial charge in [-0.1, -0.05) is 36.4 Å². The molecule has 4 heterocycles. The molecule has 0 aliphatic heterocycles. The number of rotatable bonds is 6. The van der Waals surface area contributed by atoms with E-state index in [1.54, 1.807) is 12.4 Å². The number of aryl methyl sites for hydroxylation is 2. The Bertz CT molecular complexity index is 1740. The lowest BCUT2D eigenvalue weighted by Gasteiger charge is -2.00. The predicted octanol–water partition coefficient (Wildman–Crippen LogP) is 3.84. The van der Waals surface area contributed by atoms with Crippen molar-refractivity contribution in [1.82, 2.24) is 20.0 Å². The Morgan fingerprint density at radius 1 is 0.650 bits per heavy atom. The Balaban J connectivity index is 1.02. The normalized spacial score (nSPS) is 11.7. The van der Waals surface area contributed by atoms with Crippen LogP contribution in [0.15, 0.2) is 120 Å². The first-order valence-electron chi connectivity index (χ1n) is 12.8. The zero-order chi connectivity index (χ0) is 27.5. The van der Waals surface area contributed by atoms with Gasteiger partial charge in [0.25, 0.3) is 11.3 Å². The summed E-state index contributed by atoms with van der Waals surface area (Å²) in [5.74, 6) is 0. The number of nitrogens with one attached hydrogen (secondary N) is 2. The zero-order valence-corrected chi connectivity index (χ0v) is 22.1. The van der Waals surface area contributed by atoms with Gasteiger partial charge in [-0.05, 0) is 47.5 Å². The summed E-state index contributed by atoms with van der Waals surface area (Å²) in [6.07, 6.45) is 11.4. The molecule has 6 rings (SSSR count). The standard InChI is InChI=1S/C31H27N8O/c1-36-27(21-38-17-5-3-7-29(36)38)25-13-9-23(10-14-25)19-32-34-31(40)35-33-20-24-11-15-26(16-12-24)28-22-39-18-6-4-8-30(39)37(28)2/h3-22H,1-2H3,(H-,34,35,40)/q+1/p+1. The molecule has 0 atom stereocenters. The van der Waals surface area contributed by atoms with Crippen molar-refractivity contribution in [3.8, 4) is 22.5 Å². The van der Waals surface area contributed by atoms with E-state index < -0.39 is 6.03 Å². The number of fused-ring (bicyclic) bond motifs is 2. The number of carbonyl (C=O) groups excluding carboxylic acids is 1. The van der Waals surface area contributed by atoms with E-state index >= 15 is 0 Å². The van der Waals surface area contributed by atoms with Gasteiger partial charge < -0.3 is 0 Å². The molecule has 6 aromatic rings. The van der Waals surface area contributed by atoms with Crippen LogP contribution in [0, 0.1) is 0 Å². The summed E-state index contributed by atoms with van der Waals surface area (Å²) in [4.78, 5) is 12.1. The molecule has 4 aromatic heterocycles. The number of imidazole rings is 2. The van der Waals surface area contributed by atoms with Gasteiger partial charge in [0.2, 0.25) is 0 Å². The number of hydrogen-bond donors (Lipinski definition) is 2. The van der Waals surface area contributed by atoms with Crippen LogP contribution in [0.1, 0.15) is 11.1 Å². The molecule has 0 aliphatic carbocycles. The Kier molecular flexibility index (Phi) is 6.60. The second-order valence-corrected chi connectivity index (χ2v) is 9.39. The lowest BCUT2D eigenvalue weighted by molar-refractivity contribution is -0.510. The number of nitrogens with zero attached hydrogens (tertiary/aromatic N) is 6. The quantitative estimate of drug-likeness (QED) is 0.192. The molecular formula is C31H28N8O+2. The van der Waals surface area contributed by atoms with Crippen LogP contribution in [0.4, 0.5) is 4.79 Å². The van der Waals surface area contributed by atoms with E-state index in [1.807, 2.05) is 99.3 Å². The third kappa shape index (κ3) is 4.95. The molecule has 0 unspecified atom stereocenters. The molecular weight excluding hydrogens is 500 g/mol. The summed E-state index contributed by atoms with van der Waals surface area (Å²) < 4.78 is 8.48. The maximum atomic E-state index is 12.1. The molecule has 9 nitrogen and oxygen atoms in total. The Hall–Kier alpha value is -5.57. The Labute approximate surface area is 231 Å². The number of benzene rings is 2. The van der Waals surface area contributed by atoms with Crippen molar-refractivity contribution in [3.63, 3.8) is 0 Å². The molecule has 0 bridgehead atoms. The van der Waals surface area contributed by atoms with Gasteiger partial charge in [-0.3, -0.25) is 0 Å². The minimum absolute atomic E-state index is 0.527. The van der Waals surface area contributed by atoms with Crippen LogP contribution in [0.5, 0.6) is 0 Å². The number of amides is 2. The van der Waals surface area contributed by atoms with Gasteiger partial charge in [-0.2, -0.15) is 10.2 Å². The molecule has 0 aliphatic rings. The van der Waals surface area contributed by atoms with Crippen molar-refractivity contribution in [1.29, 1.82) is 0 Å². The minimum Gasteiger partial charge on any atom is -0.245 e. The molecule has 0 radical (unpaired) electrons. The van der Waals surface area contributed by atoms with Crippen LogP contribution < -0.4 is 19.7 Å². The van der Waals surface area contributed by atoms with Gasteiger partial charge in [0.05, 0.1) is 38.9 Å². The Morgan fingerprint density at radius 2 is 1.07 bits per heavy atom. The van der Waals surface area contributed by atoms with Crippen LogP contribution in [0.3, 0.4) is 0 Å². The summed E-state index contributed by atoms with van der Waals surface area (Å²) in [6.45, 7) is 0. The van der Waals surface area contributed by atoms with E-state index in [0.717, 1.165) is 44.9 Å². The average molecular weight is 529 g/mol. The fourth-order valence-corrected chi connectivity index (χ4v) is 4.74. The molecule has 2 aromatic carbocycles. The molecule has 9 heteroatoms. The highest BCUT2D eigenvalue weighted by Gasteiger charge is 2.16. The largest absolute Gasteiger partial charge is 0.355 e. The van der Waals surface area contributed by atoms with Crippen LogP contribution >= 0.6 is 0 Å². The molecule has 0 saturated carbocycles. The second kappa shape index (κ2) is 10.7. The number of aromatic nitrogens is 4. The van der Waals surface area contributed by atoms with Gasteiger partial charge in [-0.25, -0.2) is 33.6 Å². The van der Waals surface area contributed by atoms with E-state index in [4.69, 9.17) is 0 Å². The highest BCUT2D eigenvalue weighted by atomic mass is 16.2. The maximum Gasteiger partial charge on any atom is 0.355 e. The van der Waals surface area contributed by atoms with E-state index in [9.17, 15) is 4.79 Å². The Morgan fingerprint density at radius 3 is 1.48 bits per heavy atom. The maximum absolute atomic E-state index is 12.1. The molecule has 2 amide bonds. The summed E-state index contributed by atoms with van der Waals surface area (Å²) in [7, 11) is 4.09. The van der Waals surface area contributed by atoms with Crippen LogP contribution in [0.2, 0.25) is 0 Å². The molecule has 0 saturated heterocycles. The molecule has 196 valence electrons. The topological polar surface area (TPSA) is 83.9 Å². The highest BCUT2D eigenvalue weighted by molar-refractivity contribution is 5.84.